The Labute approximate surface area is 111 Å². The third-order valence-corrected chi connectivity index (χ3v) is 3.34. The van der Waals surface area contributed by atoms with Crippen molar-refractivity contribution in [2.45, 2.75) is 19.4 Å². The fourth-order valence-corrected chi connectivity index (χ4v) is 2.26. The fourth-order valence-electron chi connectivity index (χ4n) is 1.61. The number of hydrogen-bond donors (Lipinski definition) is 2. The predicted octanol–water partition coefficient (Wildman–Crippen LogP) is 1.98. The number of rotatable bonds is 6. The maximum Gasteiger partial charge on any atom is 0.251 e. The van der Waals surface area contributed by atoms with Crippen LogP contribution in [0.25, 0.3) is 0 Å². The monoisotopic (exact) mass is 271 g/mol. The Hall–Kier alpha value is -1.07. The maximum atomic E-state index is 13.1. The van der Waals surface area contributed by atoms with E-state index in [0.717, 1.165) is 5.75 Å². The van der Waals surface area contributed by atoms with Crippen LogP contribution in [0.4, 0.5) is 4.39 Å². The molecule has 1 atom stereocenters. The van der Waals surface area contributed by atoms with Crippen LogP contribution in [0.3, 0.4) is 0 Å². The molecule has 0 aromatic heterocycles. The molecule has 0 aliphatic carbocycles. The molecule has 3 nitrogen and oxygen atoms in total. The molecule has 5 heteroatoms. The van der Waals surface area contributed by atoms with E-state index in [1.807, 2.05) is 6.26 Å². The number of carbonyl (C=O) groups is 1. The molecule has 100 valence electrons. The molecule has 0 fully saturated rings. The molecule has 1 amide bonds. The van der Waals surface area contributed by atoms with E-state index in [-0.39, 0.29) is 24.4 Å². The van der Waals surface area contributed by atoms with Gasteiger partial charge in [0.15, 0.2) is 0 Å². The highest BCUT2D eigenvalue weighted by atomic mass is 32.2. The third kappa shape index (κ3) is 4.31. The summed E-state index contributed by atoms with van der Waals surface area (Å²) < 4.78 is 13.1. The smallest absolute Gasteiger partial charge is 0.251 e. The zero-order valence-corrected chi connectivity index (χ0v) is 11.4. The van der Waals surface area contributed by atoms with Gasteiger partial charge in [-0.2, -0.15) is 11.8 Å². The summed E-state index contributed by atoms with van der Waals surface area (Å²) in [5, 5.41) is 11.8. The second-order valence-electron chi connectivity index (χ2n) is 4.10. The first-order chi connectivity index (χ1) is 8.58. The molecule has 18 heavy (non-hydrogen) atoms. The van der Waals surface area contributed by atoms with E-state index < -0.39 is 0 Å². The Bertz CT molecular complexity index is 406. The number of thioether (sulfide) groups is 1. The molecule has 0 saturated carbocycles. The lowest BCUT2D eigenvalue weighted by Gasteiger charge is -2.16. The molecule has 0 saturated heterocycles. The maximum absolute atomic E-state index is 13.1. The van der Waals surface area contributed by atoms with E-state index in [9.17, 15) is 9.18 Å². The highest BCUT2D eigenvalue weighted by Gasteiger charge is 2.13. The number of aryl methyl sites for hydroxylation is 1. The molecule has 0 bridgehead atoms. The van der Waals surface area contributed by atoms with Gasteiger partial charge in [0.05, 0.1) is 0 Å². The number of hydrogen-bond acceptors (Lipinski definition) is 3. The van der Waals surface area contributed by atoms with Crippen molar-refractivity contribution in [2.75, 3.05) is 18.6 Å². The molecule has 0 aliphatic heterocycles. The molecule has 2 N–H and O–H groups in total. The van der Waals surface area contributed by atoms with Gasteiger partial charge in [0.25, 0.3) is 5.91 Å². The summed E-state index contributed by atoms with van der Waals surface area (Å²) in [7, 11) is 0. The van der Waals surface area contributed by atoms with Gasteiger partial charge in [0.2, 0.25) is 0 Å². The van der Waals surface area contributed by atoms with Gasteiger partial charge in [-0.05, 0) is 43.4 Å². The average molecular weight is 271 g/mol. The van der Waals surface area contributed by atoms with Crippen molar-refractivity contribution in [3.8, 4) is 0 Å². The number of nitrogens with one attached hydrogen (secondary N) is 1. The van der Waals surface area contributed by atoms with Gasteiger partial charge < -0.3 is 10.4 Å². The Balaban J connectivity index is 2.70. The molecule has 0 heterocycles. The summed E-state index contributed by atoms with van der Waals surface area (Å²) in [4.78, 5) is 11.9. The van der Waals surface area contributed by atoms with E-state index in [1.54, 1.807) is 18.7 Å². The van der Waals surface area contributed by atoms with Crippen LogP contribution in [0.5, 0.6) is 0 Å². The summed E-state index contributed by atoms with van der Waals surface area (Å²) in [6.07, 6.45) is 2.46. The van der Waals surface area contributed by atoms with Crippen LogP contribution in [0, 0.1) is 12.7 Å². The zero-order chi connectivity index (χ0) is 13.5. The molecule has 1 aromatic carbocycles. The standard InChI is InChI=1S/C13H18FNO2S/c1-9-7-10(3-4-12(9)14)13(17)15-11(5-6-16)8-18-2/h3-4,7,11,16H,5-6,8H2,1-2H3,(H,15,17). The number of aliphatic hydroxyl groups is 1. The second kappa shape index (κ2) is 7.38. The molecule has 1 unspecified atom stereocenters. The molecule has 0 spiro atoms. The van der Waals surface area contributed by atoms with Crippen LogP contribution in [-0.4, -0.2) is 35.7 Å². The Morgan fingerprint density at radius 2 is 2.28 bits per heavy atom. The van der Waals surface area contributed by atoms with E-state index in [1.165, 1.54) is 18.2 Å². The van der Waals surface area contributed by atoms with Crippen LogP contribution in [0.1, 0.15) is 22.3 Å². The summed E-state index contributed by atoms with van der Waals surface area (Å²) in [5.41, 5.74) is 0.893. The lowest BCUT2D eigenvalue weighted by Crippen LogP contribution is -2.37. The van der Waals surface area contributed by atoms with Crippen molar-refractivity contribution in [1.82, 2.24) is 5.32 Å². The average Bonchev–Trinajstić information content (AvgIpc) is 2.33. The van der Waals surface area contributed by atoms with E-state index in [0.29, 0.717) is 17.5 Å². The van der Waals surface area contributed by atoms with Gasteiger partial charge in [0.1, 0.15) is 5.82 Å². The highest BCUT2D eigenvalue weighted by molar-refractivity contribution is 7.98. The molecular weight excluding hydrogens is 253 g/mol. The lowest BCUT2D eigenvalue weighted by molar-refractivity contribution is 0.0935. The number of amides is 1. The van der Waals surface area contributed by atoms with Gasteiger partial charge in [-0.3, -0.25) is 4.79 Å². The third-order valence-electron chi connectivity index (χ3n) is 2.60. The first-order valence-electron chi connectivity index (χ1n) is 5.75. The van der Waals surface area contributed by atoms with Gasteiger partial charge >= 0.3 is 0 Å². The van der Waals surface area contributed by atoms with Crippen LogP contribution >= 0.6 is 11.8 Å². The molecule has 1 rings (SSSR count). The number of halogens is 1. The first-order valence-corrected chi connectivity index (χ1v) is 7.14. The molecule has 0 aliphatic rings. The zero-order valence-electron chi connectivity index (χ0n) is 10.6. The van der Waals surface area contributed by atoms with Crippen molar-refractivity contribution in [3.63, 3.8) is 0 Å². The van der Waals surface area contributed by atoms with Gasteiger partial charge in [0, 0.05) is 24.0 Å². The minimum absolute atomic E-state index is 0.0357. The van der Waals surface area contributed by atoms with E-state index in [2.05, 4.69) is 5.32 Å². The van der Waals surface area contributed by atoms with Crippen LogP contribution in [0.15, 0.2) is 18.2 Å². The predicted molar refractivity (Wildman–Crippen MR) is 72.5 cm³/mol. The van der Waals surface area contributed by atoms with Crippen LogP contribution < -0.4 is 5.32 Å². The van der Waals surface area contributed by atoms with Crippen molar-refractivity contribution in [1.29, 1.82) is 0 Å². The minimum atomic E-state index is -0.317. The summed E-state index contributed by atoms with van der Waals surface area (Å²) in [6.45, 7) is 1.66. The Kier molecular flexibility index (Phi) is 6.15. The number of benzene rings is 1. The van der Waals surface area contributed by atoms with E-state index in [4.69, 9.17) is 5.11 Å². The lowest BCUT2D eigenvalue weighted by atomic mass is 10.1. The highest BCUT2D eigenvalue weighted by Crippen LogP contribution is 2.10. The van der Waals surface area contributed by atoms with Crippen LogP contribution in [-0.2, 0) is 0 Å². The van der Waals surface area contributed by atoms with Gasteiger partial charge in [-0.25, -0.2) is 4.39 Å². The largest absolute Gasteiger partial charge is 0.396 e. The number of aliphatic hydroxyl groups excluding tert-OH is 1. The topological polar surface area (TPSA) is 49.3 Å². The van der Waals surface area contributed by atoms with Crippen LogP contribution in [0.2, 0.25) is 0 Å². The first kappa shape index (κ1) is 15.0. The molecule has 0 radical (unpaired) electrons. The van der Waals surface area contributed by atoms with Crippen molar-refractivity contribution >= 4 is 17.7 Å². The van der Waals surface area contributed by atoms with Crippen molar-refractivity contribution < 1.29 is 14.3 Å². The molecular formula is C13H18FNO2S. The van der Waals surface area contributed by atoms with Gasteiger partial charge in [-0.15, -0.1) is 0 Å². The SMILES string of the molecule is CSCC(CCO)NC(=O)c1ccc(F)c(C)c1. The van der Waals surface area contributed by atoms with E-state index >= 15 is 0 Å². The Morgan fingerprint density at radius 3 is 2.83 bits per heavy atom. The fraction of sp³-hybridized carbons (Fsp3) is 0.462. The molecule has 1 aromatic rings. The van der Waals surface area contributed by atoms with Gasteiger partial charge in [-0.1, -0.05) is 0 Å². The summed E-state index contributed by atoms with van der Waals surface area (Å²) >= 11 is 1.61. The normalized spacial score (nSPS) is 12.2. The quantitative estimate of drug-likeness (QED) is 0.832. The summed E-state index contributed by atoms with van der Waals surface area (Å²) in [5.74, 6) is 0.195. The number of carbonyl (C=O) groups excluding carboxylic acids is 1. The Morgan fingerprint density at radius 1 is 1.56 bits per heavy atom. The van der Waals surface area contributed by atoms with Crippen molar-refractivity contribution in [2.24, 2.45) is 0 Å². The minimum Gasteiger partial charge on any atom is -0.396 e. The second-order valence-corrected chi connectivity index (χ2v) is 5.01. The van der Waals surface area contributed by atoms with Crippen molar-refractivity contribution in [3.05, 3.63) is 35.1 Å². The summed E-state index contributed by atoms with van der Waals surface area (Å²) in [6, 6.07) is 4.22.